The van der Waals surface area contributed by atoms with Crippen molar-refractivity contribution in [2.45, 2.75) is 18.1 Å². The minimum atomic E-state index is -0.817. The summed E-state index contributed by atoms with van der Waals surface area (Å²) >= 11 is 2.99. The van der Waals surface area contributed by atoms with Gasteiger partial charge in [0.2, 0.25) is 0 Å². The summed E-state index contributed by atoms with van der Waals surface area (Å²) in [5.41, 5.74) is 0. The van der Waals surface area contributed by atoms with Gasteiger partial charge in [-0.3, -0.25) is 4.79 Å². The van der Waals surface area contributed by atoms with Gasteiger partial charge in [0.05, 0.1) is 5.75 Å². The van der Waals surface area contributed by atoms with Gasteiger partial charge < -0.3 is 9.67 Å². The van der Waals surface area contributed by atoms with E-state index in [1.54, 1.807) is 17.5 Å². The van der Waals surface area contributed by atoms with Crippen molar-refractivity contribution in [3.8, 4) is 0 Å². The summed E-state index contributed by atoms with van der Waals surface area (Å²) in [7, 11) is 0. The molecule has 6 heteroatoms. The smallest absolute Gasteiger partial charge is 0.313 e. The van der Waals surface area contributed by atoms with E-state index in [-0.39, 0.29) is 5.75 Å². The van der Waals surface area contributed by atoms with E-state index in [2.05, 4.69) is 16.4 Å². The number of hydrogen-bond donors (Lipinski definition) is 1. The fourth-order valence-electron chi connectivity index (χ4n) is 1.42. The lowest BCUT2D eigenvalue weighted by Gasteiger charge is -2.05. The van der Waals surface area contributed by atoms with Crippen LogP contribution in [0, 0.1) is 0 Å². The van der Waals surface area contributed by atoms with Gasteiger partial charge in [0.15, 0.2) is 5.16 Å². The first-order chi connectivity index (χ1) is 8.25. The van der Waals surface area contributed by atoms with E-state index in [1.165, 1.54) is 16.6 Å². The second kappa shape index (κ2) is 5.88. The predicted octanol–water partition coefficient (Wildman–Crippen LogP) is 2.36. The van der Waals surface area contributed by atoms with Gasteiger partial charge in [0.1, 0.15) is 0 Å². The zero-order valence-corrected chi connectivity index (χ0v) is 10.7. The SMILES string of the molecule is O=C(O)CSc1nccn1CCc1cccs1. The average Bonchev–Trinajstić information content (AvgIpc) is 2.95. The second-order valence-electron chi connectivity index (χ2n) is 3.41. The van der Waals surface area contributed by atoms with Crippen LogP contribution in [-0.2, 0) is 17.8 Å². The number of carboxylic acids is 1. The number of aromatic nitrogens is 2. The largest absolute Gasteiger partial charge is 0.481 e. The Hall–Kier alpha value is -1.27. The second-order valence-corrected chi connectivity index (χ2v) is 5.39. The van der Waals surface area contributed by atoms with Crippen LogP contribution in [0.4, 0.5) is 0 Å². The molecule has 2 aromatic rings. The molecule has 0 unspecified atom stereocenters. The Bertz CT molecular complexity index is 479. The van der Waals surface area contributed by atoms with E-state index < -0.39 is 5.97 Å². The molecule has 0 aliphatic carbocycles. The van der Waals surface area contributed by atoms with Gasteiger partial charge in [-0.05, 0) is 17.9 Å². The minimum absolute atomic E-state index is 0.0516. The van der Waals surface area contributed by atoms with Crippen LogP contribution < -0.4 is 0 Å². The number of thiophene rings is 1. The van der Waals surface area contributed by atoms with Crippen LogP contribution in [0.2, 0.25) is 0 Å². The third-order valence-corrected chi connectivity index (χ3v) is 4.11. The lowest BCUT2D eigenvalue weighted by atomic mass is 10.3. The Morgan fingerprint density at radius 3 is 3.18 bits per heavy atom. The van der Waals surface area contributed by atoms with Crippen LogP contribution in [0.15, 0.2) is 35.1 Å². The molecule has 90 valence electrons. The first kappa shape index (κ1) is 12.2. The summed E-state index contributed by atoms with van der Waals surface area (Å²) in [5.74, 6) is -0.765. The van der Waals surface area contributed by atoms with E-state index >= 15 is 0 Å². The van der Waals surface area contributed by atoms with Gasteiger partial charge in [-0.1, -0.05) is 17.8 Å². The number of aryl methyl sites for hydroxylation is 2. The topological polar surface area (TPSA) is 55.1 Å². The van der Waals surface area contributed by atoms with Gasteiger partial charge in [-0.25, -0.2) is 4.98 Å². The monoisotopic (exact) mass is 268 g/mol. The van der Waals surface area contributed by atoms with Crippen LogP contribution in [-0.4, -0.2) is 26.4 Å². The normalized spacial score (nSPS) is 10.6. The highest BCUT2D eigenvalue weighted by atomic mass is 32.2. The molecule has 2 aromatic heterocycles. The lowest BCUT2D eigenvalue weighted by Crippen LogP contribution is -2.04. The molecule has 0 aliphatic rings. The van der Waals surface area contributed by atoms with Gasteiger partial charge in [0.25, 0.3) is 0 Å². The van der Waals surface area contributed by atoms with Crippen LogP contribution in [0.5, 0.6) is 0 Å². The Balaban J connectivity index is 1.92. The van der Waals surface area contributed by atoms with E-state index in [4.69, 9.17) is 5.11 Å². The van der Waals surface area contributed by atoms with Gasteiger partial charge in [-0.2, -0.15) is 0 Å². The van der Waals surface area contributed by atoms with Crippen molar-refractivity contribution in [1.29, 1.82) is 0 Å². The van der Waals surface area contributed by atoms with E-state index in [0.717, 1.165) is 18.1 Å². The summed E-state index contributed by atoms with van der Waals surface area (Å²) < 4.78 is 1.99. The number of nitrogens with zero attached hydrogens (tertiary/aromatic N) is 2. The first-order valence-corrected chi connectivity index (χ1v) is 7.00. The number of aliphatic carboxylic acids is 1. The highest BCUT2D eigenvalue weighted by Crippen LogP contribution is 2.17. The molecule has 0 bridgehead atoms. The Morgan fingerprint density at radius 2 is 2.47 bits per heavy atom. The molecular formula is C11H12N2O2S2. The molecule has 17 heavy (non-hydrogen) atoms. The molecule has 4 nitrogen and oxygen atoms in total. The third kappa shape index (κ3) is 3.61. The highest BCUT2D eigenvalue weighted by Gasteiger charge is 2.06. The maximum atomic E-state index is 10.5. The van der Waals surface area contributed by atoms with Gasteiger partial charge >= 0.3 is 5.97 Å². The Kier molecular flexibility index (Phi) is 4.22. The van der Waals surface area contributed by atoms with Crippen molar-refractivity contribution in [2.75, 3.05) is 5.75 Å². The number of imidazole rings is 1. The van der Waals surface area contributed by atoms with Crippen molar-refractivity contribution in [1.82, 2.24) is 9.55 Å². The fourth-order valence-corrected chi connectivity index (χ4v) is 2.82. The highest BCUT2D eigenvalue weighted by molar-refractivity contribution is 7.99. The number of rotatable bonds is 6. The van der Waals surface area contributed by atoms with Crippen molar-refractivity contribution >= 4 is 29.1 Å². The molecule has 0 amide bonds. The molecule has 0 aromatic carbocycles. The molecule has 0 fully saturated rings. The van der Waals surface area contributed by atoms with Crippen LogP contribution >= 0.6 is 23.1 Å². The molecule has 0 spiro atoms. The molecule has 2 heterocycles. The van der Waals surface area contributed by atoms with Crippen LogP contribution in [0.1, 0.15) is 4.88 Å². The molecular weight excluding hydrogens is 256 g/mol. The molecule has 0 aliphatic heterocycles. The van der Waals surface area contributed by atoms with Crippen LogP contribution in [0.3, 0.4) is 0 Å². The van der Waals surface area contributed by atoms with E-state index in [1.807, 2.05) is 16.8 Å². The van der Waals surface area contributed by atoms with Crippen molar-refractivity contribution in [3.05, 3.63) is 34.8 Å². The third-order valence-electron chi connectivity index (χ3n) is 2.18. The number of thioether (sulfide) groups is 1. The standard InChI is InChI=1S/C11H12N2O2S2/c14-10(15)8-17-11-12-4-6-13(11)5-3-9-2-1-7-16-9/h1-2,4,6-7H,3,5,8H2,(H,14,15). The quantitative estimate of drug-likeness (QED) is 0.817. The summed E-state index contributed by atoms with van der Waals surface area (Å²) in [6.07, 6.45) is 4.55. The average molecular weight is 268 g/mol. The van der Waals surface area contributed by atoms with E-state index in [9.17, 15) is 4.79 Å². The zero-order valence-electron chi connectivity index (χ0n) is 9.07. The maximum Gasteiger partial charge on any atom is 0.313 e. The van der Waals surface area contributed by atoms with Crippen molar-refractivity contribution < 1.29 is 9.90 Å². The molecule has 0 radical (unpaired) electrons. The summed E-state index contributed by atoms with van der Waals surface area (Å²) in [5, 5.41) is 11.5. The first-order valence-electron chi connectivity index (χ1n) is 5.14. The van der Waals surface area contributed by atoms with Crippen molar-refractivity contribution in [2.24, 2.45) is 0 Å². The number of carboxylic acid groups (broad SMARTS) is 1. The maximum absolute atomic E-state index is 10.5. The number of hydrogen-bond acceptors (Lipinski definition) is 4. The van der Waals surface area contributed by atoms with Gasteiger partial charge in [-0.15, -0.1) is 11.3 Å². The Labute approximate surface area is 107 Å². The fraction of sp³-hybridized carbons (Fsp3) is 0.273. The lowest BCUT2D eigenvalue weighted by molar-refractivity contribution is -0.133. The summed E-state index contributed by atoms with van der Waals surface area (Å²) in [4.78, 5) is 16.0. The minimum Gasteiger partial charge on any atom is -0.481 e. The summed E-state index contributed by atoms with van der Waals surface area (Å²) in [6.45, 7) is 0.836. The number of carbonyl (C=O) groups is 1. The predicted molar refractivity (Wildman–Crippen MR) is 68.6 cm³/mol. The molecule has 1 N–H and O–H groups in total. The van der Waals surface area contributed by atoms with Crippen molar-refractivity contribution in [3.63, 3.8) is 0 Å². The molecule has 0 saturated carbocycles. The van der Waals surface area contributed by atoms with Crippen LogP contribution in [0.25, 0.3) is 0 Å². The Morgan fingerprint density at radius 1 is 1.59 bits per heavy atom. The van der Waals surface area contributed by atoms with E-state index in [0.29, 0.717) is 0 Å². The molecule has 2 rings (SSSR count). The van der Waals surface area contributed by atoms with Gasteiger partial charge in [0, 0.05) is 23.8 Å². The molecule has 0 atom stereocenters. The molecule has 0 saturated heterocycles. The summed E-state index contributed by atoms with van der Waals surface area (Å²) in [6, 6.07) is 4.14. The zero-order chi connectivity index (χ0) is 12.1.